The highest BCUT2D eigenvalue weighted by Gasteiger charge is 2.50. The molecular formula is C42H44F2N8O4. The Kier molecular flexibility index (Phi) is 8.71. The molecule has 1 aliphatic heterocycles. The molecule has 2 bridgehead atoms. The van der Waals surface area contributed by atoms with Gasteiger partial charge in [-0.15, -0.1) is 0 Å². The topological polar surface area (TPSA) is 148 Å². The second-order valence-electron chi connectivity index (χ2n) is 16.1. The Balaban J connectivity index is 0.947. The van der Waals surface area contributed by atoms with E-state index in [1.54, 1.807) is 42.4 Å². The van der Waals surface area contributed by atoms with Crippen molar-refractivity contribution in [1.29, 1.82) is 0 Å². The summed E-state index contributed by atoms with van der Waals surface area (Å²) in [5, 5.41) is 5.44. The molecule has 3 fully saturated rings. The fourth-order valence-electron chi connectivity index (χ4n) is 9.03. The number of amides is 3. The predicted molar refractivity (Wildman–Crippen MR) is 205 cm³/mol. The lowest BCUT2D eigenvalue weighted by atomic mass is 9.98. The van der Waals surface area contributed by atoms with Gasteiger partial charge < -0.3 is 35.1 Å². The number of methoxy groups -OCH3 is 1. The van der Waals surface area contributed by atoms with Gasteiger partial charge in [0.2, 0.25) is 11.8 Å². The average Bonchev–Trinajstić information content (AvgIpc) is 3.77. The largest absolute Gasteiger partial charge is 0.453 e. The number of carbonyl (C=O) groups excluding carboxylic acids is 3. The van der Waals surface area contributed by atoms with Gasteiger partial charge in [-0.2, -0.15) is 8.78 Å². The number of carbonyl (C=O) groups is 3. The van der Waals surface area contributed by atoms with Gasteiger partial charge in [0.25, 0.3) is 5.92 Å². The maximum atomic E-state index is 16.4. The standard InChI is InChI=1S/C42H44F2N8O4/c1-41(12-13-41)22-51(36(53)20-47-40(55)56-3)21-35-46-18-34(48-35)25-6-10-29-28-9-5-23(15-30(28)42(43,44)31(29)16-25)24-7-11-32-33(17-24)50-39(49-32)38-26-4-8-27(14-26)52(38)37(54)19-45-2/h5-7,9-11,15-18,26-27,38,45H,4,8,12-14,19-22H2,1-3H3,(H,46,48)(H,47,55)(H,49,50)/t26-,27+,38-/m0/s1. The van der Waals surface area contributed by atoms with Crippen LogP contribution in [-0.2, 0) is 26.8 Å². The second-order valence-corrected chi connectivity index (χ2v) is 16.1. The van der Waals surface area contributed by atoms with Crippen molar-refractivity contribution in [1.82, 2.24) is 40.4 Å². The summed E-state index contributed by atoms with van der Waals surface area (Å²) >= 11 is 0. The molecule has 0 radical (unpaired) electrons. The molecule has 3 aromatic carbocycles. The molecule has 3 heterocycles. The Bertz CT molecular complexity index is 2380. The predicted octanol–water partition coefficient (Wildman–Crippen LogP) is 6.50. The monoisotopic (exact) mass is 762 g/mol. The first-order valence-electron chi connectivity index (χ1n) is 19.2. The SMILES string of the molecule is CNCC(=O)N1[C@@H]2CC[C@@H](C2)[C@H]1c1nc2ccc(-c3ccc4c(c3)C(F)(F)c3cc(-c5cnc(CN(CC6(C)CC6)C(=O)CNC(=O)OC)[nH]5)ccc3-4)cc2[nH]1. The Hall–Kier alpha value is -5.63. The fourth-order valence-corrected chi connectivity index (χ4v) is 9.03. The summed E-state index contributed by atoms with van der Waals surface area (Å²) in [6.45, 7) is 2.86. The summed E-state index contributed by atoms with van der Waals surface area (Å²) in [6, 6.07) is 16.2. The summed E-state index contributed by atoms with van der Waals surface area (Å²) in [4.78, 5) is 57.5. The molecule has 9 rings (SSSR count). The number of aromatic nitrogens is 4. The number of hydrogen-bond acceptors (Lipinski definition) is 7. The van der Waals surface area contributed by atoms with E-state index in [4.69, 9.17) is 4.98 Å². The van der Waals surface area contributed by atoms with E-state index in [0.29, 0.717) is 46.2 Å². The van der Waals surface area contributed by atoms with E-state index in [0.717, 1.165) is 54.5 Å². The van der Waals surface area contributed by atoms with Crippen LogP contribution in [0.1, 0.15) is 67.8 Å². The molecular weight excluding hydrogens is 719 g/mol. The first kappa shape index (κ1) is 36.0. The number of halogens is 2. The highest BCUT2D eigenvalue weighted by Crippen LogP contribution is 2.53. The average molecular weight is 763 g/mol. The van der Waals surface area contributed by atoms with Crippen molar-refractivity contribution in [3.05, 3.63) is 83.6 Å². The number of fused-ring (bicyclic) bond motifs is 6. The number of H-pyrrole nitrogens is 2. The van der Waals surface area contributed by atoms with Gasteiger partial charge in [0, 0.05) is 29.3 Å². The maximum absolute atomic E-state index is 16.4. The third-order valence-corrected chi connectivity index (χ3v) is 12.2. The Morgan fingerprint density at radius 2 is 1.68 bits per heavy atom. The summed E-state index contributed by atoms with van der Waals surface area (Å²) in [6.07, 6.45) is 5.97. The van der Waals surface area contributed by atoms with E-state index in [1.807, 2.05) is 29.2 Å². The van der Waals surface area contributed by atoms with Crippen LogP contribution in [0, 0.1) is 11.3 Å². The molecule has 4 aliphatic rings. The van der Waals surface area contributed by atoms with Crippen LogP contribution in [0.2, 0.25) is 0 Å². The molecule has 290 valence electrons. The number of rotatable bonds is 11. The van der Waals surface area contributed by atoms with Crippen LogP contribution in [0.15, 0.2) is 60.8 Å². The van der Waals surface area contributed by atoms with Crippen molar-refractivity contribution in [2.45, 2.75) is 63.6 Å². The molecule has 5 aromatic rings. The lowest BCUT2D eigenvalue weighted by Gasteiger charge is -2.34. The molecule has 56 heavy (non-hydrogen) atoms. The minimum absolute atomic E-state index is 0.0120. The van der Waals surface area contributed by atoms with E-state index in [1.165, 1.54) is 13.2 Å². The number of likely N-dealkylation sites (tertiary alicyclic amines) is 1. The number of alkyl halides is 2. The summed E-state index contributed by atoms with van der Waals surface area (Å²) in [7, 11) is 3.01. The number of likely N-dealkylation sites (N-methyl/N-ethyl adjacent to an activating group) is 1. The molecule has 14 heteroatoms. The molecule has 0 unspecified atom stereocenters. The number of ether oxygens (including phenoxy) is 1. The van der Waals surface area contributed by atoms with Crippen LogP contribution >= 0.6 is 0 Å². The zero-order valence-electron chi connectivity index (χ0n) is 31.5. The molecule has 1 saturated heterocycles. The molecule has 4 N–H and O–H groups in total. The zero-order chi connectivity index (χ0) is 38.9. The van der Waals surface area contributed by atoms with Crippen LogP contribution in [0.5, 0.6) is 0 Å². The quantitative estimate of drug-likeness (QED) is 0.120. The molecule has 3 atom stereocenters. The summed E-state index contributed by atoms with van der Waals surface area (Å²) < 4.78 is 37.4. The number of benzene rings is 3. The number of nitrogens with zero attached hydrogens (tertiary/aromatic N) is 4. The van der Waals surface area contributed by atoms with Crippen LogP contribution < -0.4 is 10.6 Å². The number of imidazole rings is 2. The third kappa shape index (κ3) is 6.29. The molecule has 3 aliphatic carbocycles. The van der Waals surface area contributed by atoms with Crippen LogP contribution in [-0.4, -0.2) is 87.5 Å². The van der Waals surface area contributed by atoms with Crippen LogP contribution in [0.3, 0.4) is 0 Å². The van der Waals surface area contributed by atoms with E-state index in [2.05, 4.69) is 37.2 Å². The third-order valence-electron chi connectivity index (χ3n) is 12.2. The van der Waals surface area contributed by atoms with E-state index in [-0.39, 0.29) is 60.1 Å². The molecule has 12 nitrogen and oxygen atoms in total. The summed E-state index contributed by atoms with van der Waals surface area (Å²) in [5.41, 5.74) is 4.97. The summed E-state index contributed by atoms with van der Waals surface area (Å²) in [5.74, 6) is -1.80. The Morgan fingerprint density at radius 3 is 2.41 bits per heavy atom. The van der Waals surface area contributed by atoms with Gasteiger partial charge in [0.15, 0.2) is 0 Å². The molecule has 3 amide bonds. The first-order chi connectivity index (χ1) is 26.9. The number of piperidine rings is 1. The highest BCUT2D eigenvalue weighted by atomic mass is 19.3. The van der Waals surface area contributed by atoms with Gasteiger partial charge in [-0.05, 0) is 97.0 Å². The van der Waals surface area contributed by atoms with E-state index >= 15 is 8.78 Å². The smallest absolute Gasteiger partial charge is 0.407 e. The second kappa shape index (κ2) is 13.5. The van der Waals surface area contributed by atoms with Crippen molar-refractivity contribution in [2.75, 3.05) is 33.8 Å². The van der Waals surface area contributed by atoms with Gasteiger partial charge in [-0.25, -0.2) is 14.8 Å². The Morgan fingerprint density at radius 1 is 0.964 bits per heavy atom. The Labute approximate surface area is 322 Å². The van der Waals surface area contributed by atoms with Crippen molar-refractivity contribution in [3.63, 3.8) is 0 Å². The van der Waals surface area contributed by atoms with Crippen molar-refractivity contribution in [2.24, 2.45) is 11.3 Å². The fraction of sp³-hybridized carbons (Fsp3) is 0.405. The lowest BCUT2D eigenvalue weighted by Crippen LogP contribution is -2.44. The zero-order valence-corrected chi connectivity index (χ0v) is 31.5. The molecule has 0 spiro atoms. The van der Waals surface area contributed by atoms with E-state index in [9.17, 15) is 14.4 Å². The first-order valence-corrected chi connectivity index (χ1v) is 19.2. The maximum Gasteiger partial charge on any atom is 0.407 e. The van der Waals surface area contributed by atoms with Gasteiger partial charge >= 0.3 is 6.09 Å². The van der Waals surface area contributed by atoms with Gasteiger partial charge in [-0.3, -0.25) is 9.59 Å². The normalized spacial score (nSPS) is 20.9. The van der Waals surface area contributed by atoms with Gasteiger partial charge in [0.05, 0.1) is 49.2 Å². The number of hydrogen-bond donors (Lipinski definition) is 4. The van der Waals surface area contributed by atoms with Crippen molar-refractivity contribution in [3.8, 4) is 33.5 Å². The minimum atomic E-state index is -3.24. The minimum Gasteiger partial charge on any atom is -0.453 e. The van der Waals surface area contributed by atoms with Crippen molar-refractivity contribution < 1.29 is 27.9 Å². The number of aromatic amines is 2. The molecule has 2 saturated carbocycles. The van der Waals surface area contributed by atoms with Gasteiger partial charge in [-0.1, -0.05) is 37.3 Å². The highest BCUT2D eigenvalue weighted by molar-refractivity contribution is 5.87. The van der Waals surface area contributed by atoms with E-state index < -0.39 is 12.0 Å². The lowest BCUT2D eigenvalue weighted by molar-refractivity contribution is -0.135. The molecule has 2 aromatic heterocycles. The number of alkyl carbamates (subject to hydrolysis) is 1. The number of nitrogens with one attached hydrogen (secondary N) is 4. The van der Waals surface area contributed by atoms with Crippen LogP contribution in [0.4, 0.5) is 13.6 Å². The van der Waals surface area contributed by atoms with Crippen molar-refractivity contribution >= 4 is 28.9 Å². The van der Waals surface area contributed by atoms with Crippen LogP contribution in [0.25, 0.3) is 44.5 Å². The van der Waals surface area contributed by atoms with Gasteiger partial charge in [0.1, 0.15) is 18.2 Å².